The summed E-state index contributed by atoms with van der Waals surface area (Å²) in [5.74, 6) is -0.0568. The van der Waals surface area contributed by atoms with E-state index in [1.165, 1.54) is 6.92 Å². The lowest BCUT2D eigenvalue weighted by atomic mass is 10.1. The Morgan fingerprint density at radius 1 is 0.955 bits per heavy atom. The zero-order valence-electron chi connectivity index (χ0n) is 12.5. The van der Waals surface area contributed by atoms with Gasteiger partial charge in [0.2, 0.25) is 11.6 Å². The molecule has 0 fully saturated rings. The van der Waals surface area contributed by atoms with E-state index in [2.05, 4.69) is 34.1 Å². The smallest absolute Gasteiger partial charge is 0.271 e. The fourth-order valence-electron chi connectivity index (χ4n) is 2.47. The van der Waals surface area contributed by atoms with Crippen LogP contribution in [0.2, 0.25) is 0 Å². The molecule has 0 saturated heterocycles. The largest absolute Gasteiger partial charge is 0.312 e. The van der Waals surface area contributed by atoms with Gasteiger partial charge in [0.05, 0.1) is 5.56 Å². The van der Waals surface area contributed by atoms with Crippen LogP contribution in [0.4, 0.5) is 5.00 Å². The van der Waals surface area contributed by atoms with Crippen LogP contribution in [0.25, 0.3) is 21.8 Å². The van der Waals surface area contributed by atoms with Crippen molar-refractivity contribution in [3.05, 3.63) is 60.7 Å². The van der Waals surface area contributed by atoms with Gasteiger partial charge in [-0.25, -0.2) is 0 Å². The molecule has 3 aromatic rings. The van der Waals surface area contributed by atoms with Crippen molar-refractivity contribution in [3.8, 4) is 21.8 Å². The van der Waals surface area contributed by atoms with Gasteiger partial charge in [0.25, 0.3) is 5.01 Å². The SMILES string of the molecule is CC(=O)Nc1sc(-c2ccccc2)[n+](C)c1-c1ccccc1. The quantitative estimate of drug-likeness (QED) is 0.732. The number of nitrogens with one attached hydrogen (secondary N) is 1. The minimum atomic E-state index is -0.0568. The maximum Gasteiger partial charge on any atom is 0.271 e. The summed E-state index contributed by atoms with van der Waals surface area (Å²) in [6, 6.07) is 20.3. The van der Waals surface area contributed by atoms with E-state index in [4.69, 9.17) is 0 Å². The number of aromatic nitrogens is 1. The molecule has 1 N–H and O–H groups in total. The van der Waals surface area contributed by atoms with Crippen molar-refractivity contribution in [2.45, 2.75) is 6.92 Å². The Morgan fingerprint density at radius 2 is 1.50 bits per heavy atom. The first-order valence-electron chi connectivity index (χ1n) is 7.08. The third kappa shape index (κ3) is 2.78. The molecule has 0 spiro atoms. The Morgan fingerprint density at radius 3 is 2.05 bits per heavy atom. The molecule has 1 heterocycles. The lowest BCUT2D eigenvalue weighted by Gasteiger charge is -2.00. The summed E-state index contributed by atoms with van der Waals surface area (Å²) in [6.45, 7) is 1.54. The van der Waals surface area contributed by atoms with E-state index < -0.39 is 0 Å². The van der Waals surface area contributed by atoms with Crippen LogP contribution in [-0.2, 0) is 11.8 Å². The molecule has 2 aromatic carbocycles. The molecule has 0 atom stereocenters. The minimum absolute atomic E-state index is 0.0568. The Balaban J connectivity index is 2.19. The van der Waals surface area contributed by atoms with Gasteiger partial charge < -0.3 is 5.32 Å². The number of hydrogen-bond acceptors (Lipinski definition) is 2. The van der Waals surface area contributed by atoms with Gasteiger partial charge in [-0.3, -0.25) is 4.79 Å². The van der Waals surface area contributed by atoms with Crippen molar-refractivity contribution in [1.82, 2.24) is 0 Å². The summed E-state index contributed by atoms with van der Waals surface area (Å²) in [5.41, 5.74) is 3.26. The Hall–Kier alpha value is -2.46. The summed E-state index contributed by atoms with van der Waals surface area (Å²) in [6.07, 6.45) is 0. The van der Waals surface area contributed by atoms with Crippen LogP contribution in [0.15, 0.2) is 60.7 Å². The normalized spacial score (nSPS) is 10.5. The van der Waals surface area contributed by atoms with E-state index in [-0.39, 0.29) is 5.91 Å². The van der Waals surface area contributed by atoms with Gasteiger partial charge in [0.15, 0.2) is 5.00 Å². The molecule has 0 saturated carbocycles. The van der Waals surface area contributed by atoms with Gasteiger partial charge in [0, 0.05) is 12.5 Å². The second kappa shape index (κ2) is 6.12. The first-order valence-corrected chi connectivity index (χ1v) is 7.89. The maximum absolute atomic E-state index is 11.5. The van der Waals surface area contributed by atoms with Crippen molar-refractivity contribution in [1.29, 1.82) is 0 Å². The van der Waals surface area contributed by atoms with E-state index in [1.807, 2.05) is 43.4 Å². The molecule has 3 nitrogen and oxygen atoms in total. The van der Waals surface area contributed by atoms with E-state index in [1.54, 1.807) is 11.3 Å². The van der Waals surface area contributed by atoms with Gasteiger partial charge in [0.1, 0.15) is 7.05 Å². The van der Waals surface area contributed by atoms with Crippen LogP contribution in [0, 0.1) is 0 Å². The molecule has 0 bridgehead atoms. The molecule has 22 heavy (non-hydrogen) atoms. The van der Waals surface area contributed by atoms with Crippen LogP contribution in [0.5, 0.6) is 0 Å². The molecule has 4 heteroatoms. The highest BCUT2D eigenvalue weighted by Crippen LogP contribution is 2.35. The van der Waals surface area contributed by atoms with E-state index in [0.717, 1.165) is 26.8 Å². The number of anilines is 1. The molecule has 0 unspecified atom stereocenters. The minimum Gasteiger partial charge on any atom is -0.312 e. The Bertz CT molecular complexity index is 795. The molecule has 0 radical (unpaired) electrons. The van der Waals surface area contributed by atoms with E-state index in [0.29, 0.717) is 0 Å². The number of carbonyl (C=O) groups excluding carboxylic acids is 1. The summed E-state index contributed by atoms with van der Waals surface area (Å²) >= 11 is 1.59. The van der Waals surface area contributed by atoms with Crippen molar-refractivity contribution in [3.63, 3.8) is 0 Å². The number of rotatable bonds is 3. The summed E-state index contributed by atoms with van der Waals surface area (Å²) in [4.78, 5) is 11.5. The number of thiazole rings is 1. The number of amides is 1. The third-order valence-corrected chi connectivity index (χ3v) is 4.61. The second-order valence-electron chi connectivity index (χ2n) is 5.06. The predicted molar refractivity (Wildman–Crippen MR) is 90.7 cm³/mol. The van der Waals surface area contributed by atoms with Crippen molar-refractivity contribution >= 4 is 22.2 Å². The average molecular weight is 309 g/mol. The van der Waals surface area contributed by atoms with Crippen LogP contribution in [0.3, 0.4) is 0 Å². The van der Waals surface area contributed by atoms with Crippen molar-refractivity contribution < 1.29 is 9.36 Å². The number of hydrogen-bond donors (Lipinski definition) is 1. The summed E-state index contributed by atoms with van der Waals surface area (Å²) < 4.78 is 2.14. The van der Waals surface area contributed by atoms with Gasteiger partial charge >= 0.3 is 0 Å². The second-order valence-corrected chi connectivity index (χ2v) is 6.06. The van der Waals surface area contributed by atoms with Crippen LogP contribution >= 0.6 is 11.3 Å². The lowest BCUT2D eigenvalue weighted by Crippen LogP contribution is -2.31. The van der Waals surface area contributed by atoms with Crippen LogP contribution in [0.1, 0.15) is 6.92 Å². The highest BCUT2D eigenvalue weighted by Gasteiger charge is 2.26. The highest BCUT2D eigenvalue weighted by molar-refractivity contribution is 7.19. The molecular formula is C18H17N2OS+. The first kappa shape index (κ1) is 14.5. The topological polar surface area (TPSA) is 33.0 Å². The molecule has 1 amide bonds. The first-order chi connectivity index (χ1) is 10.7. The van der Waals surface area contributed by atoms with Gasteiger partial charge in [-0.15, -0.1) is 0 Å². The number of carbonyl (C=O) groups is 1. The molecular weight excluding hydrogens is 292 g/mol. The third-order valence-electron chi connectivity index (χ3n) is 3.41. The number of benzene rings is 2. The van der Waals surface area contributed by atoms with E-state index in [9.17, 15) is 4.79 Å². The van der Waals surface area contributed by atoms with Crippen LogP contribution < -0.4 is 9.88 Å². The maximum atomic E-state index is 11.5. The molecule has 3 rings (SSSR count). The predicted octanol–water partition coefficient (Wildman–Crippen LogP) is 3.87. The molecule has 0 aliphatic rings. The fourth-order valence-corrected chi connectivity index (χ4v) is 3.69. The van der Waals surface area contributed by atoms with Crippen molar-refractivity contribution in [2.75, 3.05) is 5.32 Å². The van der Waals surface area contributed by atoms with Crippen LogP contribution in [-0.4, -0.2) is 5.91 Å². The molecule has 1 aromatic heterocycles. The van der Waals surface area contributed by atoms with Gasteiger partial charge in [-0.1, -0.05) is 36.4 Å². The summed E-state index contributed by atoms with van der Waals surface area (Å²) in [5, 5.41) is 4.95. The van der Waals surface area contributed by atoms with Gasteiger partial charge in [-0.05, 0) is 35.6 Å². The molecule has 110 valence electrons. The van der Waals surface area contributed by atoms with Crippen molar-refractivity contribution in [2.24, 2.45) is 7.05 Å². The molecule has 0 aliphatic carbocycles. The monoisotopic (exact) mass is 309 g/mol. The Kier molecular flexibility index (Phi) is 4.02. The average Bonchev–Trinajstić information content (AvgIpc) is 2.85. The fraction of sp³-hybridized carbons (Fsp3) is 0.111. The highest BCUT2D eigenvalue weighted by atomic mass is 32.1. The van der Waals surface area contributed by atoms with E-state index >= 15 is 0 Å². The zero-order chi connectivity index (χ0) is 15.5. The van der Waals surface area contributed by atoms with Gasteiger partial charge in [-0.2, -0.15) is 4.57 Å². The number of nitrogens with zero attached hydrogens (tertiary/aromatic N) is 1. The summed E-state index contributed by atoms with van der Waals surface area (Å²) in [7, 11) is 2.03. The standard InChI is InChI=1S/C18H16N2OS/c1-13(21)19-17-16(14-9-5-3-6-10-14)20(2)18(22-17)15-11-7-4-8-12-15/h3-12H,1-2H3/p+1. The molecule has 0 aliphatic heterocycles. The zero-order valence-corrected chi connectivity index (χ0v) is 13.4. The Labute approximate surface area is 133 Å². The lowest BCUT2D eigenvalue weighted by molar-refractivity contribution is -0.644.